The number of rotatable bonds is 2. The van der Waals surface area contributed by atoms with Gasteiger partial charge in [-0.3, -0.25) is 4.79 Å². The highest BCUT2D eigenvalue weighted by atomic mass is 16.5. The molecule has 1 saturated carbocycles. The number of nitrogens with zero attached hydrogens (tertiary/aromatic N) is 1. The lowest BCUT2D eigenvalue weighted by molar-refractivity contribution is -0.148. The minimum atomic E-state index is -0.807. The van der Waals surface area contributed by atoms with E-state index < -0.39 is 5.60 Å². The monoisotopic (exact) mass is 283 g/mol. The Bertz CT molecular complexity index is 605. The number of fused-ring (bicyclic) bond motifs is 2. The first-order valence-corrected chi connectivity index (χ1v) is 7.95. The van der Waals surface area contributed by atoms with E-state index in [2.05, 4.69) is 31.2 Å². The maximum atomic E-state index is 13.2. The van der Waals surface area contributed by atoms with Crippen molar-refractivity contribution in [3.63, 3.8) is 0 Å². The Hall–Kier alpha value is -1.61. The third-order valence-corrected chi connectivity index (χ3v) is 4.98. The lowest BCUT2D eigenvalue weighted by Gasteiger charge is -2.32. The first-order chi connectivity index (χ1) is 10.2. The van der Waals surface area contributed by atoms with Crippen LogP contribution in [0.2, 0.25) is 0 Å². The number of amides is 1. The van der Waals surface area contributed by atoms with Crippen LogP contribution in [0.5, 0.6) is 0 Å². The number of ether oxygens (including phenoxy) is 1. The van der Waals surface area contributed by atoms with Gasteiger partial charge in [0.2, 0.25) is 0 Å². The van der Waals surface area contributed by atoms with Crippen LogP contribution in [0.4, 0.5) is 5.69 Å². The molecule has 110 valence electrons. The summed E-state index contributed by atoms with van der Waals surface area (Å²) < 4.78 is 6.18. The molecule has 3 aliphatic rings. The van der Waals surface area contributed by atoms with Crippen LogP contribution >= 0.6 is 0 Å². The summed E-state index contributed by atoms with van der Waals surface area (Å²) in [6.45, 7) is 3.55. The van der Waals surface area contributed by atoms with E-state index in [9.17, 15) is 4.79 Å². The molecule has 3 heteroatoms. The average molecular weight is 283 g/mol. The topological polar surface area (TPSA) is 29.5 Å². The summed E-state index contributed by atoms with van der Waals surface area (Å²) in [7, 11) is 0. The van der Waals surface area contributed by atoms with Gasteiger partial charge in [-0.1, -0.05) is 37.3 Å². The van der Waals surface area contributed by atoms with E-state index in [1.807, 2.05) is 17.0 Å². The van der Waals surface area contributed by atoms with E-state index in [1.54, 1.807) is 0 Å². The van der Waals surface area contributed by atoms with Crippen LogP contribution in [0, 0.1) is 11.8 Å². The third kappa shape index (κ3) is 1.87. The van der Waals surface area contributed by atoms with Gasteiger partial charge in [0.05, 0.1) is 12.3 Å². The molecule has 2 aliphatic heterocycles. The molecule has 2 atom stereocenters. The molecule has 0 aromatic heterocycles. The smallest absolute Gasteiger partial charge is 0.264 e. The summed E-state index contributed by atoms with van der Waals surface area (Å²) >= 11 is 0. The first-order valence-electron chi connectivity index (χ1n) is 7.95. The van der Waals surface area contributed by atoms with Crippen molar-refractivity contribution in [1.29, 1.82) is 0 Å². The molecule has 0 bridgehead atoms. The predicted molar refractivity (Wildman–Crippen MR) is 82.1 cm³/mol. The fraction of sp³-hybridized carbons (Fsp3) is 0.500. The van der Waals surface area contributed by atoms with E-state index in [4.69, 9.17) is 4.74 Å². The Morgan fingerprint density at radius 1 is 1.33 bits per heavy atom. The number of benzene rings is 1. The number of para-hydroxylation sites is 1. The number of carbonyl (C=O) groups is 1. The van der Waals surface area contributed by atoms with Crippen molar-refractivity contribution in [3.05, 3.63) is 42.0 Å². The zero-order chi connectivity index (χ0) is 14.4. The average Bonchev–Trinajstić information content (AvgIpc) is 3.29. The van der Waals surface area contributed by atoms with Crippen LogP contribution in [-0.4, -0.2) is 19.1 Å². The van der Waals surface area contributed by atoms with Crippen molar-refractivity contribution in [2.75, 3.05) is 18.1 Å². The SMILES string of the molecule is C[C@@H]1C=CCCO[C@]12C(=O)N(CC1CC1)c1ccccc12. The van der Waals surface area contributed by atoms with Crippen LogP contribution in [-0.2, 0) is 15.1 Å². The van der Waals surface area contributed by atoms with E-state index >= 15 is 0 Å². The van der Waals surface area contributed by atoms with Crippen molar-refractivity contribution in [3.8, 4) is 0 Å². The summed E-state index contributed by atoms with van der Waals surface area (Å²) in [5.41, 5.74) is 1.30. The van der Waals surface area contributed by atoms with Crippen LogP contribution in [0.15, 0.2) is 36.4 Å². The fourth-order valence-electron chi connectivity index (χ4n) is 3.62. The van der Waals surface area contributed by atoms with Gasteiger partial charge in [0.1, 0.15) is 0 Å². The fourth-order valence-corrected chi connectivity index (χ4v) is 3.62. The number of hydrogen-bond donors (Lipinski definition) is 0. The molecule has 0 unspecified atom stereocenters. The Labute approximate surface area is 125 Å². The molecule has 21 heavy (non-hydrogen) atoms. The van der Waals surface area contributed by atoms with Gasteiger partial charge in [0, 0.05) is 18.0 Å². The summed E-state index contributed by atoms with van der Waals surface area (Å²) in [4.78, 5) is 15.2. The first kappa shape index (κ1) is 13.1. The molecule has 1 aromatic rings. The van der Waals surface area contributed by atoms with Gasteiger partial charge >= 0.3 is 0 Å². The minimum absolute atomic E-state index is 0.0675. The lowest BCUT2D eigenvalue weighted by atomic mass is 9.83. The molecule has 0 saturated heterocycles. The second-order valence-corrected chi connectivity index (χ2v) is 6.47. The van der Waals surface area contributed by atoms with Crippen molar-refractivity contribution in [1.82, 2.24) is 0 Å². The largest absolute Gasteiger partial charge is 0.359 e. The van der Waals surface area contributed by atoms with Gasteiger partial charge in [-0.2, -0.15) is 0 Å². The molecule has 1 aliphatic carbocycles. The Balaban J connectivity index is 1.83. The summed E-state index contributed by atoms with van der Waals surface area (Å²) in [5.74, 6) is 0.876. The van der Waals surface area contributed by atoms with Crippen LogP contribution < -0.4 is 4.90 Å². The van der Waals surface area contributed by atoms with Gasteiger partial charge in [-0.25, -0.2) is 0 Å². The van der Waals surface area contributed by atoms with Crippen molar-refractivity contribution >= 4 is 11.6 Å². The van der Waals surface area contributed by atoms with Crippen LogP contribution in [0.3, 0.4) is 0 Å². The summed E-state index contributed by atoms with van der Waals surface area (Å²) in [6, 6.07) is 8.16. The van der Waals surface area contributed by atoms with Gasteiger partial charge in [0.15, 0.2) is 5.60 Å². The maximum absolute atomic E-state index is 13.2. The molecule has 0 radical (unpaired) electrons. The molecular formula is C18H21NO2. The second kappa shape index (κ2) is 4.70. The molecule has 3 nitrogen and oxygen atoms in total. The lowest BCUT2D eigenvalue weighted by Crippen LogP contribution is -2.46. The number of hydrogen-bond acceptors (Lipinski definition) is 2. The summed E-state index contributed by atoms with van der Waals surface area (Å²) in [5, 5.41) is 0. The molecule has 0 N–H and O–H groups in total. The Morgan fingerprint density at radius 3 is 2.95 bits per heavy atom. The third-order valence-electron chi connectivity index (χ3n) is 4.98. The van der Waals surface area contributed by atoms with Gasteiger partial charge < -0.3 is 9.64 Å². The number of anilines is 1. The molecule has 1 aromatic carbocycles. The standard InChI is InChI=1S/C18H21NO2/c1-13-6-4-5-11-21-18(13)15-7-2-3-8-16(15)19(17(18)20)12-14-9-10-14/h2-4,6-8,13-14H,5,9-12H2,1H3/t13-,18-/m1/s1. The van der Waals surface area contributed by atoms with Crippen LogP contribution in [0.1, 0.15) is 31.7 Å². The van der Waals surface area contributed by atoms with E-state index in [-0.39, 0.29) is 11.8 Å². The zero-order valence-corrected chi connectivity index (χ0v) is 12.4. The van der Waals surface area contributed by atoms with Crippen LogP contribution in [0.25, 0.3) is 0 Å². The second-order valence-electron chi connectivity index (χ2n) is 6.47. The molecule has 1 spiro atoms. The number of carbonyl (C=O) groups excluding carboxylic acids is 1. The highest BCUT2D eigenvalue weighted by Gasteiger charge is 2.55. The van der Waals surface area contributed by atoms with Gasteiger partial charge in [0.25, 0.3) is 5.91 Å². The molecule has 1 amide bonds. The van der Waals surface area contributed by atoms with E-state index in [0.29, 0.717) is 12.5 Å². The molecule has 2 heterocycles. The highest BCUT2D eigenvalue weighted by Crippen LogP contribution is 2.49. The molecular weight excluding hydrogens is 262 g/mol. The minimum Gasteiger partial charge on any atom is -0.359 e. The van der Waals surface area contributed by atoms with E-state index in [0.717, 1.165) is 24.2 Å². The van der Waals surface area contributed by atoms with Gasteiger partial charge in [-0.15, -0.1) is 0 Å². The summed E-state index contributed by atoms with van der Waals surface area (Å²) in [6.07, 6.45) is 7.65. The molecule has 1 fully saturated rings. The van der Waals surface area contributed by atoms with Gasteiger partial charge in [-0.05, 0) is 31.2 Å². The zero-order valence-electron chi connectivity index (χ0n) is 12.4. The quantitative estimate of drug-likeness (QED) is 0.780. The predicted octanol–water partition coefficient (Wildman–Crippen LogP) is 3.25. The highest BCUT2D eigenvalue weighted by molar-refractivity contribution is 6.07. The van der Waals surface area contributed by atoms with E-state index in [1.165, 1.54) is 12.8 Å². The van der Waals surface area contributed by atoms with Crippen molar-refractivity contribution in [2.24, 2.45) is 11.8 Å². The van der Waals surface area contributed by atoms with Crippen molar-refractivity contribution in [2.45, 2.75) is 31.8 Å². The maximum Gasteiger partial charge on any atom is 0.264 e. The Kier molecular flexibility index (Phi) is 2.93. The van der Waals surface area contributed by atoms with Crippen molar-refractivity contribution < 1.29 is 9.53 Å². The Morgan fingerprint density at radius 2 is 2.14 bits per heavy atom. The normalized spacial score (nSPS) is 31.6. The molecule has 4 rings (SSSR count).